The number of carbonyl (C=O) groups is 1. The highest BCUT2D eigenvalue weighted by molar-refractivity contribution is 9.10. The Morgan fingerprint density at radius 1 is 1.38 bits per heavy atom. The van der Waals surface area contributed by atoms with Crippen LogP contribution in [0.2, 0.25) is 0 Å². The summed E-state index contributed by atoms with van der Waals surface area (Å²) in [5.74, 6) is 0.370. The predicted octanol–water partition coefficient (Wildman–Crippen LogP) is 2.43. The molecule has 0 fully saturated rings. The van der Waals surface area contributed by atoms with Gasteiger partial charge in [0.2, 0.25) is 0 Å². The fraction of sp³-hybridized carbons (Fsp3) is 0.0909. The lowest BCUT2D eigenvalue weighted by Gasteiger charge is -2.03. The van der Waals surface area contributed by atoms with E-state index in [1.807, 2.05) is 18.2 Å². The first-order valence-electron chi connectivity index (χ1n) is 4.72. The molecule has 1 aromatic heterocycles. The molecule has 1 aromatic carbocycles. The molecule has 0 spiro atoms. The van der Waals surface area contributed by atoms with E-state index in [1.54, 1.807) is 30.1 Å². The van der Waals surface area contributed by atoms with Crippen LogP contribution in [-0.2, 0) is 7.05 Å². The maximum Gasteiger partial charge on any atom is 0.258 e. The van der Waals surface area contributed by atoms with Gasteiger partial charge in [0.05, 0.1) is 5.56 Å². The summed E-state index contributed by atoms with van der Waals surface area (Å²) in [6.07, 6.45) is 1.77. The van der Waals surface area contributed by atoms with E-state index in [-0.39, 0.29) is 5.91 Å². The van der Waals surface area contributed by atoms with Gasteiger partial charge in [-0.2, -0.15) is 5.10 Å². The number of aromatic nitrogens is 2. The molecule has 1 N–H and O–H groups in total. The SMILES string of the molecule is Cn1ccc(NC(=O)c2ccccc2Br)n1. The topological polar surface area (TPSA) is 46.9 Å². The van der Waals surface area contributed by atoms with Gasteiger partial charge < -0.3 is 5.32 Å². The molecule has 1 amide bonds. The van der Waals surface area contributed by atoms with Gasteiger partial charge in [0.25, 0.3) is 5.91 Å². The standard InChI is InChI=1S/C11H10BrN3O/c1-15-7-6-10(14-15)13-11(16)8-4-2-3-5-9(8)12/h2-7H,1H3,(H,13,14,16). The third kappa shape index (κ3) is 2.30. The van der Waals surface area contributed by atoms with Crippen molar-refractivity contribution in [2.24, 2.45) is 7.05 Å². The van der Waals surface area contributed by atoms with Gasteiger partial charge in [-0.05, 0) is 28.1 Å². The van der Waals surface area contributed by atoms with Crippen LogP contribution in [0.1, 0.15) is 10.4 Å². The average Bonchev–Trinajstić information content (AvgIpc) is 2.64. The summed E-state index contributed by atoms with van der Waals surface area (Å²) in [7, 11) is 1.80. The zero-order chi connectivity index (χ0) is 11.5. The van der Waals surface area contributed by atoms with Crippen LogP contribution in [0.3, 0.4) is 0 Å². The lowest BCUT2D eigenvalue weighted by molar-refractivity contribution is 0.102. The zero-order valence-corrected chi connectivity index (χ0v) is 10.2. The lowest BCUT2D eigenvalue weighted by atomic mass is 10.2. The highest BCUT2D eigenvalue weighted by atomic mass is 79.9. The Labute approximate surface area is 101 Å². The molecule has 2 aromatic rings. The molecule has 0 bridgehead atoms. The van der Waals surface area contributed by atoms with Crippen LogP contribution in [0.15, 0.2) is 41.0 Å². The first-order chi connectivity index (χ1) is 7.66. The number of halogens is 1. The molecular formula is C11H10BrN3O. The number of anilines is 1. The summed E-state index contributed by atoms with van der Waals surface area (Å²) in [4.78, 5) is 11.9. The molecule has 0 aliphatic heterocycles. The van der Waals surface area contributed by atoms with Gasteiger partial charge in [0.15, 0.2) is 5.82 Å². The summed E-state index contributed by atoms with van der Waals surface area (Å²) in [5.41, 5.74) is 0.591. The van der Waals surface area contributed by atoms with Crippen LogP contribution in [0.5, 0.6) is 0 Å². The van der Waals surface area contributed by atoms with Crippen molar-refractivity contribution in [2.75, 3.05) is 5.32 Å². The van der Waals surface area contributed by atoms with E-state index in [2.05, 4.69) is 26.3 Å². The van der Waals surface area contributed by atoms with Crippen LogP contribution < -0.4 is 5.32 Å². The van der Waals surface area contributed by atoms with Crippen molar-refractivity contribution in [3.05, 3.63) is 46.6 Å². The zero-order valence-electron chi connectivity index (χ0n) is 8.64. The molecule has 0 aliphatic rings. The minimum absolute atomic E-state index is 0.175. The number of rotatable bonds is 2. The number of amides is 1. The molecule has 0 saturated heterocycles. The second-order valence-electron chi connectivity index (χ2n) is 3.31. The lowest BCUT2D eigenvalue weighted by Crippen LogP contribution is -2.13. The van der Waals surface area contributed by atoms with Gasteiger partial charge in [-0.3, -0.25) is 9.48 Å². The average molecular weight is 280 g/mol. The predicted molar refractivity (Wildman–Crippen MR) is 65.3 cm³/mol. The van der Waals surface area contributed by atoms with Crippen molar-refractivity contribution in [1.82, 2.24) is 9.78 Å². The summed E-state index contributed by atoms with van der Waals surface area (Å²) in [5, 5.41) is 6.79. The number of carbonyl (C=O) groups excluding carboxylic acids is 1. The Hall–Kier alpha value is -1.62. The summed E-state index contributed by atoms with van der Waals surface area (Å²) >= 11 is 3.33. The minimum atomic E-state index is -0.175. The smallest absolute Gasteiger partial charge is 0.258 e. The number of hydrogen-bond donors (Lipinski definition) is 1. The number of nitrogens with zero attached hydrogens (tertiary/aromatic N) is 2. The molecule has 0 atom stereocenters. The number of benzene rings is 1. The molecule has 4 nitrogen and oxygen atoms in total. The molecule has 82 valence electrons. The highest BCUT2D eigenvalue weighted by Crippen LogP contribution is 2.17. The van der Waals surface area contributed by atoms with Gasteiger partial charge in [0, 0.05) is 23.8 Å². The van der Waals surface area contributed by atoms with Crippen LogP contribution >= 0.6 is 15.9 Å². The summed E-state index contributed by atoms with van der Waals surface area (Å²) in [6.45, 7) is 0. The van der Waals surface area contributed by atoms with Gasteiger partial charge in [-0.1, -0.05) is 12.1 Å². The van der Waals surface area contributed by atoms with E-state index in [1.165, 1.54) is 0 Å². The van der Waals surface area contributed by atoms with Crippen molar-refractivity contribution in [3.8, 4) is 0 Å². The molecule has 0 radical (unpaired) electrons. The molecular weight excluding hydrogens is 270 g/mol. The number of nitrogens with one attached hydrogen (secondary N) is 1. The second-order valence-corrected chi connectivity index (χ2v) is 4.16. The Morgan fingerprint density at radius 3 is 2.75 bits per heavy atom. The fourth-order valence-electron chi connectivity index (χ4n) is 1.31. The highest BCUT2D eigenvalue weighted by Gasteiger charge is 2.10. The maximum absolute atomic E-state index is 11.9. The maximum atomic E-state index is 11.9. The van der Waals surface area contributed by atoms with Gasteiger partial charge >= 0.3 is 0 Å². The molecule has 2 rings (SSSR count). The monoisotopic (exact) mass is 279 g/mol. The number of hydrogen-bond acceptors (Lipinski definition) is 2. The van der Waals surface area contributed by atoms with Crippen molar-refractivity contribution in [2.45, 2.75) is 0 Å². The Balaban J connectivity index is 2.18. The van der Waals surface area contributed by atoms with Crippen LogP contribution in [0.4, 0.5) is 5.82 Å². The van der Waals surface area contributed by atoms with E-state index in [9.17, 15) is 4.79 Å². The Kier molecular flexibility index (Phi) is 3.05. The molecule has 0 saturated carbocycles. The van der Waals surface area contributed by atoms with Crippen molar-refractivity contribution < 1.29 is 4.79 Å². The van der Waals surface area contributed by atoms with E-state index in [0.29, 0.717) is 11.4 Å². The minimum Gasteiger partial charge on any atom is -0.305 e. The van der Waals surface area contributed by atoms with Crippen molar-refractivity contribution >= 4 is 27.7 Å². The van der Waals surface area contributed by atoms with Crippen LogP contribution in [0.25, 0.3) is 0 Å². The summed E-state index contributed by atoms with van der Waals surface area (Å²) in [6, 6.07) is 9.00. The summed E-state index contributed by atoms with van der Waals surface area (Å²) < 4.78 is 2.40. The van der Waals surface area contributed by atoms with E-state index < -0.39 is 0 Å². The van der Waals surface area contributed by atoms with E-state index in [0.717, 1.165) is 4.47 Å². The number of aryl methyl sites for hydroxylation is 1. The fourth-order valence-corrected chi connectivity index (χ4v) is 1.78. The van der Waals surface area contributed by atoms with Gasteiger partial charge in [0.1, 0.15) is 0 Å². The first kappa shape index (κ1) is 10.9. The van der Waals surface area contributed by atoms with E-state index in [4.69, 9.17) is 0 Å². The Morgan fingerprint density at radius 2 is 2.12 bits per heavy atom. The second kappa shape index (κ2) is 4.49. The third-order valence-electron chi connectivity index (χ3n) is 2.07. The Bertz CT molecular complexity index is 521. The van der Waals surface area contributed by atoms with Gasteiger partial charge in [-0.15, -0.1) is 0 Å². The van der Waals surface area contributed by atoms with Crippen molar-refractivity contribution in [1.29, 1.82) is 0 Å². The molecule has 0 unspecified atom stereocenters. The van der Waals surface area contributed by atoms with E-state index >= 15 is 0 Å². The quantitative estimate of drug-likeness (QED) is 0.918. The van der Waals surface area contributed by atoms with Gasteiger partial charge in [-0.25, -0.2) is 0 Å². The first-order valence-corrected chi connectivity index (χ1v) is 5.51. The van der Waals surface area contributed by atoms with Crippen LogP contribution in [0, 0.1) is 0 Å². The van der Waals surface area contributed by atoms with Crippen LogP contribution in [-0.4, -0.2) is 15.7 Å². The normalized spacial score (nSPS) is 10.1. The third-order valence-corrected chi connectivity index (χ3v) is 2.77. The molecule has 5 heteroatoms. The molecule has 0 aliphatic carbocycles. The molecule has 1 heterocycles. The largest absolute Gasteiger partial charge is 0.305 e. The molecule has 16 heavy (non-hydrogen) atoms. The van der Waals surface area contributed by atoms with Crippen molar-refractivity contribution in [3.63, 3.8) is 0 Å².